The predicted molar refractivity (Wildman–Crippen MR) is 133 cm³/mol. The van der Waals surface area contributed by atoms with Crippen molar-refractivity contribution in [1.29, 1.82) is 0 Å². The van der Waals surface area contributed by atoms with Crippen LogP contribution < -0.4 is 0 Å². The van der Waals surface area contributed by atoms with Crippen molar-refractivity contribution in [2.75, 3.05) is 6.26 Å². The molecule has 0 heterocycles. The van der Waals surface area contributed by atoms with Crippen LogP contribution in [0.25, 0.3) is 0 Å². The number of allylic oxidation sites excluding steroid dienone is 1. The van der Waals surface area contributed by atoms with Crippen molar-refractivity contribution in [2.24, 2.45) is 46.3 Å². The molecule has 0 spiro atoms. The summed E-state index contributed by atoms with van der Waals surface area (Å²) in [4.78, 5) is 0. The Morgan fingerprint density at radius 3 is 2.47 bits per heavy atom. The molecular formula is C28H48O3S. The summed E-state index contributed by atoms with van der Waals surface area (Å²) >= 11 is 0. The van der Waals surface area contributed by atoms with Crippen LogP contribution in [0.3, 0.4) is 0 Å². The van der Waals surface area contributed by atoms with Gasteiger partial charge in [-0.05, 0) is 97.7 Å². The number of fused-ring (bicyclic) bond motifs is 5. The molecular weight excluding hydrogens is 416 g/mol. The Kier molecular flexibility index (Phi) is 6.98. The summed E-state index contributed by atoms with van der Waals surface area (Å²) in [7, 11) is -3.38. The lowest BCUT2D eigenvalue weighted by atomic mass is 9.47. The van der Waals surface area contributed by atoms with E-state index in [1.54, 1.807) is 0 Å². The van der Waals surface area contributed by atoms with Gasteiger partial charge in [0, 0.05) is 0 Å². The first kappa shape index (κ1) is 24.8. The molecule has 32 heavy (non-hydrogen) atoms. The molecule has 8 atom stereocenters. The van der Waals surface area contributed by atoms with E-state index in [4.69, 9.17) is 4.18 Å². The largest absolute Gasteiger partial charge is 0.267 e. The van der Waals surface area contributed by atoms with Gasteiger partial charge >= 0.3 is 0 Å². The van der Waals surface area contributed by atoms with Crippen LogP contribution in [0.2, 0.25) is 0 Å². The van der Waals surface area contributed by atoms with Crippen LogP contribution in [-0.2, 0) is 14.3 Å². The van der Waals surface area contributed by atoms with Gasteiger partial charge in [-0.2, -0.15) is 8.42 Å². The maximum Gasteiger partial charge on any atom is 0.264 e. The van der Waals surface area contributed by atoms with Gasteiger partial charge in [0.15, 0.2) is 0 Å². The van der Waals surface area contributed by atoms with Gasteiger partial charge in [0.1, 0.15) is 0 Å². The molecule has 0 amide bonds. The third-order valence-corrected chi connectivity index (χ3v) is 11.2. The first-order valence-corrected chi connectivity index (χ1v) is 15.3. The monoisotopic (exact) mass is 464 g/mol. The van der Waals surface area contributed by atoms with Crippen LogP contribution in [0, 0.1) is 46.3 Å². The van der Waals surface area contributed by atoms with Gasteiger partial charge in [-0.1, -0.05) is 65.5 Å². The highest BCUT2D eigenvalue weighted by molar-refractivity contribution is 7.86. The zero-order chi connectivity index (χ0) is 23.3. The third-order valence-electron chi connectivity index (χ3n) is 10.6. The summed E-state index contributed by atoms with van der Waals surface area (Å²) in [6, 6.07) is 0. The summed E-state index contributed by atoms with van der Waals surface area (Å²) in [5, 5.41) is 0. The van der Waals surface area contributed by atoms with Crippen molar-refractivity contribution in [2.45, 2.75) is 111 Å². The minimum absolute atomic E-state index is 0.155. The molecule has 4 aliphatic carbocycles. The van der Waals surface area contributed by atoms with Gasteiger partial charge in [-0.15, -0.1) is 0 Å². The Labute approximate surface area is 198 Å². The molecule has 4 unspecified atom stereocenters. The molecule has 4 aliphatic rings. The molecule has 3 fully saturated rings. The van der Waals surface area contributed by atoms with Crippen molar-refractivity contribution >= 4 is 10.1 Å². The number of rotatable bonds is 7. The van der Waals surface area contributed by atoms with E-state index in [0.717, 1.165) is 54.8 Å². The zero-order valence-electron chi connectivity index (χ0n) is 21.5. The van der Waals surface area contributed by atoms with Gasteiger partial charge in [-0.25, -0.2) is 0 Å². The summed E-state index contributed by atoms with van der Waals surface area (Å²) in [6.07, 6.45) is 17.3. The Morgan fingerprint density at radius 2 is 1.78 bits per heavy atom. The lowest BCUT2D eigenvalue weighted by Gasteiger charge is -2.58. The van der Waals surface area contributed by atoms with E-state index in [1.807, 2.05) is 0 Å². The second-order valence-corrected chi connectivity index (χ2v) is 14.6. The highest BCUT2D eigenvalue weighted by Crippen LogP contribution is 2.67. The maximum atomic E-state index is 11.7. The van der Waals surface area contributed by atoms with Crippen LogP contribution in [0.1, 0.15) is 105 Å². The summed E-state index contributed by atoms with van der Waals surface area (Å²) < 4.78 is 28.8. The molecule has 3 nitrogen and oxygen atoms in total. The molecule has 0 radical (unpaired) electrons. The van der Waals surface area contributed by atoms with Crippen molar-refractivity contribution in [3.05, 3.63) is 11.6 Å². The molecule has 184 valence electrons. The van der Waals surface area contributed by atoms with Gasteiger partial charge in [0.25, 0.3) is 10.1 Å². The second-order valence-electron chi connectivity index (χ2n) is 13.0. The summed E-state index contributed by atoms with van der Waals surface area (Å²) in [5.41, 5.74) is 2.28. The SMILES string of the molecule is CC(C)CCC[C@@H](C)C1CC[C@H]2[C@H]3CC=C4C[C@@H](OS(C)(=O)=O)CCC4(C)C3CCC12C. The fraction of sp³-hybridized carbons (Fsp3) is 0.929. The van der Waals surface area contributed by atoms with Crippen molar-refractivity contribution in [3.8, 4) is 0 Å². The maximum absolute atomic E-state index is 11.7. The van der Waals surface area contributed by atoms with Crippen LogP contribution in [0.15, 0.2) is 11.6 Å². The van der Waals surface area contributed by atoms with Crippen molar-refractivity contribution < 1.29 is 12.6 Å². The van der Waals surface area contributed by atoms with E-state index in [1.165, 1.54) is 63.2 Å². The summed E-state index contributed by atoms with van der Waals surface area (Å²) in [5.74, 6) is 5.05. The third kappa shape index (κ3) is 4.61. The molecule has 0 aromatic rings. The molecule has 4 rings (SSSR count). The number of hydrogen-bond donors (Lipinski definition) is 0. The lowest BCUT2D eigenvalue weighted by Crippen LogP contribution is -2.51. The minimum atomic E-state index is -3.38. The van der Waals surface area contributed by atoms with Crippen LogP contribution in [0.5, 0.6) is 0 Å². The van der Waals surface area contributed by atoms with E-state index in [0.29, 0.717) is 5.41 Å². The minimum Gasteiger partial charge on any atom is -0.267 e. The van der Waals surface area contributed by atoms with E-state index in [-0.39, 0.29) is 11.5 Å². The quantitative estimate of drug-likeness (QED) is 0.292. The van der Waals surface area contributed by atoms with E-state index < -0.39 is 10.1 Å². The standard InChI is InChI=1S/C28H48O3S/c1-19(2)8-7-9-20(3)24-12-13-25-23-11-10-21-18-22(31-32(6,29)30)14-16-27(21,4)26(23)15-17-28(24,25)5/h10,19-20,22-26H,7-9,11-18H2,1-6H3/t20-,22+,23-,24?,25+,26?,27?,28?/m1/s1. The van der Waals surface area contributed by atoms with E-state index in [2.05, 4.69) is 40.7 Å². The molecule has 0 aromatic carbocycles. The molecule has 0 aliphatic heterocycles. The highest BCUT2D eigenvalue weighted by Gasteiger charge is 2.59. The van der Waals surface area contributed by atoms with Crippen molar-refractivity contribution in [3.63, 3.8) is 0 Å². The van der Waals surface area contributed by atoms with Gasteiger partial charge < -0.3 is 0 Å². The normalized spacial score (nSPS) is 42.7. The average Bonchev–Trinajstić information content (AvgIpc) is 3.04. The van der Waals surface area contributed by atoms with Gasteiger partial charge in [0.2, 0.25) is 0 Å². The van der Waals surface area contributed by atoms with Gasteiger partial charge in [-0.3, -0.25) is 4.18 Å². The van der Waals surface area contributed by atoms with Crippen LogP contribution in [-0.4, -0.2) is 20.8 Å². The second kappa shape index (κ2) is 9.02. The fourth-order valence-corrected chi connectivity index (χ4v) is 9.64. The molecule has 0 saturated heterocycles. The van der Waals surface area contributed by atoms with Crippen LogP contribution >= 0.6 is 0 Å². The molecule has 4 heteroatoms. The molecule has 3 saturated carbocycles. The Balaban J connectivity index is 1.47. The average molecular weight is 465 g/mol. The predicted octanol–water partition coefficient (Wildman–Crippen LogP) is 7.37. The molecule has 0 aromatic heterocycles. The van der Waals surface area contributed by atoms with E-state index >= 15 is 0 Å². The first-order chi connectivity index (χ1) is 14.9. The van der Waals surface area contributed by atoms with Crippen molar-refractivity contribution in [1.82, 2.24) is 0 Å². The fourth-order valence-electron chi connectivity index (χ4n) is 8.98. The lowest BCUT2D eigenvalue weighted by molar-refractivity contribution is -0.0556. The van der Waals surface area contributed by atoms with Gasteiger partial charge in [0.05, 0.1) is 12.4 Å². The first-order valence-electron chi connectivity index (χ1n) is 13.5. The van der Waals surface area contributed by atoms with Crippen LogP contribution in [0.4, 0.5) is 0 Å². The Hall–Kier alpha value is -0.350. The number of hydrogen-bond acceptors (Lipinski definition) is 3. The summed E-state index contributed by atoms with van der Waals surface area (Å²) in [6.45, 7) is 12.4. The smallest absolute Gasteiger partial charge is 0.264 e. The highest BCUT2D eigenvalue weighted by atomic mass is 32.2. The zero-order valence-corrected chi connectivity index (χ0v) is 22.3. The molecule has 0 N–H and O–H groups in total. The van der Waals surface area contributed by atoms with E-state index in [9.17, 15) is 8.42 Å². The molecule has 0 bridgehead atoms. The topological polar surface area (TPSA) is 43.4 Å². The Morgan fingerprint density at radius 1 is 1.03 bits per heavy atom. The Bertz CT molecular complexity index is 815.